The molecule has 0 saturated carbocycles. The summed E-state index contributed by atoms with van der Waals surface area (Å²) in [7, 11) is 2.00. The van der Waals surface area contributed by atoms with E-state index < -0.39 is 0 Å². The predicted octanol–water partition coefficient (Wildman–Crippen LogP) is 1.51. The third-order valence-corrected chi connectivity index (χ3v) is 3.53. The topological polar surface area (TPSA) is 33.5 Å². The molecule has 0 spiro atoms. The lowest BCUT2D eigenvalue weighted by Gasteiger charge is -2.30. The zero-order valence-electron chi connectivity index (χ0n) is 8.10. The molecule has 0 N–H and O–H groups in total. The molecule has 1 saturated heterocycles. The number of hydrogen-bond donors (Lipinski definition) is 0. The minimum Gasteiger partial charge on any atom is -0.472 e. The Hall–Kier alpha value is -0.740. The van der Waals surface area contributed by atoms with E-state index in [0.29, 0.717) is 5.56 Å². The average molecular weight is 211 g/mol. The highest BCUT2D eigenvalue weighted by Crippen LogP contribution is 2.18. The minimum absolute atomic E-state index is 0.0198. The van der Waals surface area contributed by atoms with Crippen LogP contribution in [0.3, 0.4) is 0 Å². The monoisotopic (exact) mass is 211 g/mol. The van der Waals surface area contributed by atoms with E-state index in [1.54, 1.807) is 12.3 Å². The van der Waals surface area contributed by atoms with Gasteiger partial charge in [-0.2, -0.15) is 11.8 Å². The van der Waals surface area contributed by atoms with Crippen LogP contribution in [0.2, 0.25) is 0 Å². The fraction of sp³-hybridized carbons (Fsp3) is 0.500. The fourth-order valence-corrected chi connectivity index (χ4v) is 2.77. The molecule has 1 fully saturated rings. The molecule has 14 heavy (non-hydrogen) atoms. The normalized spacial score (nSPS) is 23.6. The Kier molecular flexibility index (Phi) is 2.93. The van der Waals surface area contributed by atoms with Gasteiger partial charge in [-0.05, 0) is 13.1 Å². The maximum absolute atomic E-state index is 12.0. The highest BCUT2D eigenvalue weighted by Gasteiger charge is 2.27. The summed E-state index contributed by atoms with van der Waals surface area (Å²) >= 11 is 1.84. The number of carbonyl (C=O) groups is 1. The van der Waals surface area contributed by atoms with Crippen molar-refractivity contribution >= 4 is 17.5 Å². The Morgan fingerprint density at radius 1 is 1.71 bits per heavy atom. The summed E-state index contributed by atoms with van der Waals surface area (Å²) in [5.74, 6) is 2.18. The Morgan fingerprint density at radius 2 is 2.57 bits per heavy atom. The third-order valence-electron chi connectivity index (χ3n) is 2.50. The van der Waals surface area contributed by atoms with Crippen molar-refractivity contribution in [3.05, 3.63) is 24.2 Å². The summed E-state index contributed by atoms with van der Waals surface area (Å²) < 4.78 is 4.92. The van der Waals surface area contributed by atoms with Crippen LogP contribution in [0.5, 0.6) is 0 Å². The molecule has 76 valence electrons. The van der Waals surface area contributed by atoms with Crippen molar-refractivity contribution in [2.24, 2.45) is 0 Å². The Labute approximate surface area is 87.5 Å². The first-order valence-electron chi connectivity index (χ1n) is 4.63. The number of ketones is 1. The lowest BCUT2D eigenvalue weighted by atomic mass is 10.1. The average Bonchev–Trinajstić information content (AvgIpc) is 2.70. The van der Waals surface area contributed by atoms with Crippen molar-refractivity contribution < 1.29 is 9.21 Å². The van der Waals surface area contributed by atoms with Crippen molar-refractivity contribution in [2.75, 3.05) is 25.1 Å². The van der Waals surface area contributed by atoms with Crippen molar-refractivity contribution in [2.45, 2.75) is 6.04 Å². The first kappa shape index (κ1) is 9.80. The molecule has 0 aliphatic carbocycles. The van der Waals surface area contributed by atoms with Gasteiger partial charge >= 0.3 is 0 Å². The maximum Gasteiger partial charge on any atom is 0.184 e. The summed E-state index contributed by atoms with van der Waals surface area (Å²) in [5.41, 5.74) is 0.685. The fourth-order valence-electron chi connectivity index (χ4n) is 1.56. The summed E-state index contributed by atoms with van der Waals surface area (Å²) in [4.78, 5) is 14.1. The first-order valence-corrected chi connectivity index (χ1v) is 5.79. The second kappa shape index (κ2) is 4.19. The van der Waals surface area contributed by atoms with Gasteiger partial charge in [0.15, 0.2) is 5.78 Å². The molecule has 1 unspecified atom stereocenters. The highest BCUT2D eigenvalue weighted by molar-refractivity contribution is 7.99. The zero-order chi connectivity index (χ0) is 9.97. The standard InChI is InChI=1S/C10H13NO2S/c1-11-3-5-14-7-9(11)10(12)8-2-4-13-6-8/h2,4,6,9H,3,5,7H2,1H3. The van der Waals surface area contributed by atoms with Crippen LogP contribution in [-0.2, 0) is 0 Å². The molecule has 1 aromatic heterocycles. The molecular formula is C10H13NO2S. The molecule has 1 atom stereocenters. The number of thioether (sulfide) groups is 1. The summed E-state index contributed by atoms with van der Waals surface area (Å²) in [6, 6.07) is 1.75. The molecular weight excluding hydrogens is 198 g/mol. The summed E-state index contributed by atoms with van der Waals surface area (Å²) in [6.07, 6.45) is 3.07. The van der Waals surface area contributed by atoms with E-state index in [1.165, 1.54) is 6.26 Å². The largest absolute Gasteiger partial charge is 0.472 e. The molecule has 0 amide bonds. The predicted molar refractivity (Wildman–Crippen MR) is 56.8 cm³/mol. The molecule has 1 aliphatic heterocycles. The van der Waals surface area contributed by atoms with Crippen LogP contribution < -0.4 is 0 Å². The van der Waals surface area contributed by atoms with E-state index in [0.717, 1.165) is 18.1 Å². The van der Waals surface area contributed by atoms with Gasteiger partial charge in [-0.15, -0.1) is 0 Å². The van der Waals surface area contributed by atoms with Crippen molar-refractivity contribution in [1.29, 1.82) is 0 Å². The number of Topliss-reactive ketones (excluding diaryl/α,β-unsaturated/α-hetero) is 1. The van der Waals surface area contributed by atoms with Gasteiger partial charge in [-0.3, -0.25) is 9.69 Å². The molecule has 3 nitrogen and oxygen atoms in total. The third kappa shape index (κ3) is 1.86. The summed E-state index contributed by atoms with van der Waals surface area (Å²) in [6.45, 7) is 0.985. The first-order chi connectivity index (χ1) is 6.79. The molecule has 0 aromatic carbocycles. The zero-order valence-corrected chi connectivity index (χ0v) is 8.92. The van der Waals surface area contributed by atoms with Crippen LogP contribution in [0.1, 0.15) is 10.4 Å². The van der Waals surface area contributed by atoms with Gasteiger partial charge in [-0.25, -0.2) is 0 Å². The SMILES string of the molecule is CN1CCSCC1C(=O)c1ccoc1. The Bertz CT molecular complexity index is 310. The number of likely N-dealkylation sites (N-methyl/N-ethyl adjacent to an activating group) is 1. The number of hydrogen-bond acceptors (Lipinski definition) is 4. The van der Waals surface area contributed by atoms with Crippen LogP contribution >= 0.6 is 11.8 Å². The molecule has 0 radical (unpaired) electrons. The Balaban J connectivity index is 2.10. The quantitative estimate of drug-likeness (QED) is 0.694. The molecule has 1 aliphatic rings. The van der Waals surface area contributed by atoms with Gasteiger partial charge in [-0.1, -0.05) is 0 Å². The van der Waals surface area contributed by atoms with Crippen LogP contribution in [0.15, 0.2) is 23.0 Å². The van der Waals surface area contributed by atoms with Gasteiger partial charge in [0.05, 0.1) is 17.9 Å². The smallest absolute Gasteiger partial charge is 0.184 e. The van der Waals surface area contributed by atoms with Crippen LogP contribution in [0.4, 0.5) is 0 Å². The van der Waals surface area contributed by atoms with Crippen LogP contribution in [0.25, 0.3) is 0 Å². The number of furan rings is 1. The summed E-state index contributed by atoms with van der Waals surface area (Å²) in [5, 5.41) is 0. The Morgan fingerprint density at radius 3 is 3.21 bits per heavy atom. The minimum atomic E-state index is 0.0198. The van der Waals surface area contributed by atoms with E-state index >= 15 is 0 Å². The van der Waals surface area contributed by atoms with E-state index in [2.05, 4.69) is 4.90 Å². The van der Waals surface area contributed by atoms with Gasteiger partial charge in [0.2, 0.25) is 0 Å². The van der Waals surface area contributed by atoms with E-state index in [-0.39, 0.29) is 11.8 Å². The van der Waals surface area contributed by atoms with Crippen LogP contribution in [0, 0.1) is 0 Å². The van der Waals surface area contributed by atoms with Gasteiger partial charge in [0.25, 0.3) is 0 Å². The van der Waals surface area contributed by atoms with Crippen molar-refractivity contribution in [3.63, 3.8) is 0 Å². The van der Waals surface area contributed by atoms with E-state index in [4.69, 9.17) is 4.42 Å². The van der Waals surface area contributed by atoms with E-state index in [9.17, 15) is 4.79 Å². The number of carbonyl (C=O) groups excluding carboxylic acids is 1. The molecule has 2 heterocycles. The lowest BCUT2D eigenvalue weighted by Crippen LogP contribution is -2.44. The van der Waals surface area contributed by atoms with E-state index in [1.807, 2.05) is 18.8 Å². The van der Waals surface area contributed by atoms with Crippen molar-refractivity contribution in [1.82, 2.24) is 4.90 Å². The number of nitrogens with zero attached hydrogens (tertiary/aromatic N) is 1. The molecule has 4 heteroatoms. The van der Waals surface area contributed by atoms with Gasteiger partial charge < -0.3 is 4.42 Å². The van der Waals surface area contributed by atoms with Crippen LogP contribution in [-0.4, -0.2) is 41.8 Å². The number of rotatable bonds is 2. The molecule has 1 aromatic rings. The second-order valence-electron chi connectivity index (χ2n) is 3.45. The van der Waals surface area contributed by atoms with Crippen molar-refractivity contribution in [3.8, 4) is 0 Å². The maximum atomic E-state index is 12.0. The second-order valence-corrected chi connectivity index (χ2v) is 4.60. The molecule has 0 bridgehead atoms. The van der Waals surface area contributed by atoms with Gasteiger partial charge in [0.1, 0.15) is 6.26 Å². The highest BCUT2D eigenvalue weighted by atomic mass is 32.2. The van der Waals surface area contributed by atoms with Gasteiger partial charge in [0, 0.05) is 18.1 Å². The molecule has 2 rings (SSSR count). The lowest BCUT2D eigenvalue weighted by molar-refractivity contribution is 0.0874.